The zero-order chi connectivity index (χ0) is 33.9. The minimum atomic E-state index is -0.540. The Morgan fingerprint density at radius 2 is 1.76 bits per heavy atom. The van der Waals surface area contributed by atoms with Crippen LogP contribution in [0.1, 0.15) is 38.0 Å². The molecule has 5 aromatic rings. The van der Waals surface area contributed by atoms with Crippen molar-refractivity contribution >= 4 is 33.3 Å². The van der Waals surface area contributed by atoms with Crippen molar-refractivity contribution in [1.29, 1.82) is 0 Å². The summed E-state index contributed by atoms with van der Waals surface area (Å²) in [5.74, 6) is 3.20. The van der Waals surface area contributed by atoms with Gasteiger partial charge in [-0.1, -0.05) is 37.2 Å². The van der Waals surface area contributed by atoms with Crippen LogP contribution in [0.15, 0.2) is 47.1 Å². The first-order valence-corrected chi connectivity index (χ1v) is 18.1. The predicted octanol–water partition coefficient (Wildman–Crippen LogP) is 5.19. The van der Waals surface area contributed by atoms with Crippen LogP contribution in [0.25, 0.3) is 32.9 Å². The van der Waals surface area contributed by atoms with Crippen molar-refractivity contribution in [2.45, 2.75) is 51.6 Å². The average Bonchev–Trinajstić information content (AvgIpc) is 3.91. The van der Waals surface area contributed by atoms with Crippen LogP contribution in [0.2, 0.25) is 0 Å². The van der Waals surface area contributed by atoms with Crippen molar-refractivity contribution < 1.29 is 18.8 Å². The number of aromatic nitrogens is 4. The van der Waals surface area contributed by atoms with E-state index in [4.69, 9.17) is 19.2 Å². The summed E-state index contributed by atoms with van der Waals surface area (Å²) in [5.41, 5.74) is 1.95. The highest BCUT2D eigenvalue weighted by molar-refractivity contribution is 6.01. The van der Waals surface area contributed by atoms with Gasteiger partial charge in [-0.2, -0.15) is 9.97 Å². The Morgan fingerprint density at radius 1 is 0.960 bits per heavy atom. The van der Waals surface area contributed by atoms with E-state index in [0.29, 0.717) is 47.3 Å². The number of fused-ring (bicyclic) bond motifs is 5. The summed E-state index contributed by atoms with van der Waals surface area (Å²) in [7, 11) is 0. The van der Waals surface area contributed by atoms with Gasteiger partial charge >= 0.3 is 6.01 Å². The molecule has 0 amide bonds. The van der Waals surface area contributed by atoms with E-state index in [0.717, 1.165) is 99.4 Å². The summed E-state index contributed by atoms with van der Waals surface area (Å²) in [6.45, 7) is 10.8. The van der Waals surface area contributed by atoms with E-state index in [-0.39, 0.29) is 23.0 Å². The van der Waals surface area contributed by atoms with Crippen molar-refractivity contribution in [1.82, 2.24) is 30.3 Å². The van der Waals surface area contributed by atoms with Crippen LogP contribution in [0, 0.1) is 17.7 Å². The van der Waals surface area contributed by atoms with Gasteiger partial charge in [-0.05, 0) is 59.6 Å². The van der Waals surface area contributed by atoms with E-state index in [1.807, 2.05) is 18.2 Å². The summed E-state index contributed by atoms with van der Waals surface area (Å²) >= 11 is 0. The summed E-state index contributed by atoms with van der Waals surface area (Å²) in [6.07, 6.45) is 5.53. The number of piperazine rings is 1. The topological polar surface area (TPSA) is 116 Å². The van der Waals surface area contributed by atoms with Crippen molar-refractivity contribution in [2.24, 2.45) is 11.8 Å². The number of nitrogens with one attached hydrogen (secondary N) is 1. The first-order chi connectivity index (χ1) is 24.4. The lowest BCUT2D eigenvalue weighted by Gasteiger charge is -2.34. The summed E-state index contributed by atoms with van der Waals surface area (Å²) in [4.78, 5) is 21.3. The predicted molar refractivity (Wildman–Crippen MR) is 190 cm³/mol. The highest BCUT2D eigenvalue weighted by Gasteiger charge is 2.41. The molecule has 4 aliphatic rings. The third-order valence-electron chi connectivity index (χ3n) is 11.3. The second-order valence-electron chi connectivity index (χ2n) is 14.5. The number of hydrogen-bond donors (Lipinski definition) is 2. The Balaban J connectivity index is 0.992. The number of anilines is 2. The number of phenols is 1. The van der Waals surface area contributed by atoms with E-state index in [2.05, 4.69) is 50.1 Å². The van der Waals surface area contributed by atoms with Crippen molar-refractivity contribution in [3.8, 4) is 23.0 Å². The van der Waals surface area contributed by atoms with Crippen LogP contribution in [-0.2, 0) is 12.8 Å². The van der Waals surface area contributed by atoms with E-state index >= 15 is 4.39 Å². The lowest BCUT2D eigenvalue weighted by molar-refractivity contribution is 0.218. The number of benzene rings is 2. The summed E-state index contributed by atoms with van der Waals surface area (Å²) in [6, 6.07) is 12.2. The molecule has 2 aromatic carbocycles. The molecule has 0 radical (unpaired) electrons. The lowest BCUT2D eigenvalue weighted by atomic mass is 9.95. The standard InChI is InChI=1S/C38H43FN8O3/c1-3-22-6-5-7-23-12-28(48)13-30(33(22)23)35-34(39)36-31(15-40-35)37(47-20-26-8-9-27(21-47)41-26)43-38(42-36)49-11-10-45-16-24-18-46(19-25(24)17-45)32-14-29(4-2)50-44-32/h5-7,12-15,24-27,41,48H,3-4,8-11,16-21H2,1-2H3. The number of ether oxygens (including phenoxy) is 1. The number of rotatable bonds is 9. The first kappa shape index (κ1) is 31.4. The molecule has 3 aromatic heterocycles. The molecule has 4 saturated heterocycles. The van der Waals surface area contributed by atoms with Crippen LogP contribution in [-0.4, -0.2) is 94.6 Å². The van der Waals surface area contributed by atoms with Crippen molar-refractivity contribution in [2.75, 3.05) is 62.2 Å². The molecular formula is C38H43FN8O3. The molecule has 50 heavy (non-hydrogen) atoms. The third-order valence-corrected chi connectivity index (χ3v) is 11.3. The third kappa shape index (κ3) is 5.58. The van der Waals surface area contributed by atoms with E-state index in [1.165, 1.54) is 0 Å². The minimum Gasteiger partial charge on any atom is -0.508 e. The van der Waals surface area contributed by atoms with E-state index in [1.54, 1.807) is 18.3 Å². The van der Waals surface area contributed by atoms with Crippen LogP contribution < -0.4 is 19.9 Å². The molecule has 7 heterocycles. The number of hydrogen-bond acceptors (Lipinski definition) is 11. The number of likely N-dealkylation sites (tertiary alicyclic amines) is 1. The smallest absolute Gasteiger partial charge is 0.319 e. The van der Waals surface area contributed by atoms with Crippen LogP contribution in [0.5, 0.6) is 11.8 Å². The van der Waals surface area contributed by atoms with Gasteiger partial charge in [0.15, 0.2) is 11.6 Å². The molecule has 0 spiro atoms. The van der Waals surface area contributed by atoms with Crippen LogP contribution in [0.4, 0.5) is 16.0 Å². The van der Waals surface area contributed by atoms with E-state index < -0.39 is 5.82 Å². The molecule has 12 heteroatoms. The Bertz CT molecular complexity index is 2050. The normalized spacial score (nSPS) is 23.4. The largest absolute Gasteiger partial charge is 0.508 e. The van der Waals surface area contributed by atoms with Gasteiger partial charge in [0.1, 0.15) is 35.1 Å². The molecule has 0 saturated carbocycles. The van der Waals surface area contributed by atoms with E-state index in [9.17, 15) is 5.11 Å². The van der Waals surface area contributed by atoms with Gasteiger partial charge in [0, 0.05) is 82.1 Å². The zero-order valence-electron chi connectivity index (χ0n) is 28.6. The van der Waals surface area contributed by atoms with Crippen molar-refractivity contribution in [3.05, 3.63) is 59.7 Å². The maximum absolute atomic E-state index is 16.9. The molecule has 2 N–H and O–H groups in total. The average molecular weight is 679 g/mol. The maximum Gasteiger partial charge on any atom is 0.319 e. The SMILES string of the molecule is CCc1cc(N2CC3CN(CCOc4nc(N5CC6CCC(C5)N6)c5cnc(-c6cc(O)cc7cccc(CC)c67)c(F)c5n4)CC3C2)no1. The number of phenolic OH excluding ortho intramolecular Hbond substituents is 1. The fourth-order valence-corrected chi connectivity index (χ4v) is 8.80. The number of aromatic hydroxyl groups is 1. The Hall–Kier alpha value is -4.55. The number of nitrogens with zero attached hydrogens (tertiary/aromatic N) is 7. The highest BCUT2D eigenvalue weighted by atomic mass is 19.1. The Morgan fingerprint density at radius 3 is 2.50 bits per heavy atom. The molecule has 4 atom stereocenters. The number of aryl methyl sites for hydroxylation is 2. The van der Waals surface area contributed by atoms with Crippen molar-refractivity contribution in [3.63, 3.8) is 0 Å². The van der Waals surface area contributed by atoms with Gasteiger partial charge in [-0.3, -0.25) is 9.88 Å². The fourth-order valence-electron chi connectivity index (χ4n) is 8.80. The Kier molecular flexibility index (Phi) is 7.95. The molecule has 260 valence electrons. The molecule has 11 nitrogen and oxygen atoms in total. The lowest BCUT2D eigenvalue weighted by Crippen LogP contribution is -2.51. The maximum atomic E-state index is 16.9. The van der Waals surface area contributed by atoms with Gasteiger partial charge in [-0.25, -0.2) is 4.39 Å². The summed E-state index contributed by atoms with van der Waals surface area (Å²) < 4.78 is 28.6. The quantitative estimate of drug-likeness (QED) is 0.215. The second kappa shape index (κ2) is 12.6. The monoisotopic (exact) mass is 678 g/mol. The molecule has 4 fully saturated rings. The Labute approximate surface area is 290 Å². The van der Waals surface area contributed by atoms with Gasteiger partial charge in [-0.15, -0.1) is 0 Å². The minimum absolute atomic E-state index is 0.0632. The number of halogens is 1. The second-order valence-corrected chi connectivity index (χ2v) is 14.5. The van der Waals surface area contributed by atoms with Crippen LogP contribution >= 0.6 is 0 Å². The van der Waals surface area contributed by atoms with Gasteiger partial charge in [0.25, 0.3) is 0 Å². The molecule has 2 bridgehead atoms. The zero-order valence-corrected chi connectivity index (χ0v) is 28.6. The molecule has 9 rings (SSSR count). The molecular weight excluding hydrogens is 635 g/mol. The highest BCUT2D eigenvalue weighted by Crippen LogP contribution is 2.39. The molecule has 4 aliphatic heterocycles. The van der Waals surface area contributed by atoms with Crippen LogP contribution in [0.3, 0.4) is 0 Å². The van der Waals surface area contributed by atoms with Gasteiger partial charge in [0.2, 0.25) is 0 Å². The first-order valence-electron chi connectivity index (χ1n) is 18.1. The van der Waals surface area contributed by atoms with Gasteiger partial charge < -0.3 is 29.5 Å². The van der Waals surface area contributed by atoms with Gasteiger partial charge in [0.05, 0.1) is 5.39 Å². The molecule has 0 aliphatic carbocycles. The fraction of sp³-hybridized carbons (Fsp3) is 0.474. The number of pyridine rings is 1. The molecule has 4 unspecified atom stereocenters. The summed E-state index contributed by atoms with van der Waals surface area (Å²) in [5, 5.41) is 20.9.